The molecule has 1 atom stereocenters. The molecule has 2 heteroatoms. The lowest BCUT2D eigenvalue weighted by Gasteiger charge is -2.31. The Morgan fingerprint density at radius 1 is 0.952 bits per heavy atom. The van der Waals surface area contributed by atoms with Gasteiger partial charge in [0.25, 0.3) is 0 Å². The summed E-state index contributed by atoms with van der Waals surface area (Å²) in [6, 6.07) is 1.66. The van der Waals surface area contributed by atoms with Gasteiger partial charge in [0.2, 0.25) is 0 Å². The van der Waals surface area contributed by atoms with E-state index in [0.29, 0.717) is 5.41 Å². The van der Waals surface area contributed by atoms with Gasteiger partial charge in [-0.2, -0.15) is 0 Å². The zero-order chi connectivity index (χ0) is 15.1. The Morgan fingerprint density at radius 3 is 2.48 bits per heavy atom. The maximum atomic E-state index is 3.83. The summed E-state index contributed by atoms with van der Waals surface area (Å²) < 4.78 is 0. The highest BCUT2D eigenvalue weighted by molar-refractivity contribution is 4.80. The van der Waals surface area contributed by atoms with E-state index in [1.807, 2.05) is 0 Å². The fourth-order valence-electron chi connectivity index (χ4n) is 4.20. The molecule has 1 unspecified atom stereocenters. The number of nitrogens with zero attached hydrogens (tertiary/aromatic N) is 1. The van der Waals surface area contributed by atoms with Crippen LogP contribution >= 0.6 is 0 Å². The van der Waals surface area contributed by atoms with Crippen molar-refractivity contribution in [3.63, 3.8) is 0 Å². The van der Waals surface area contributed by atoms with Gasteiger partial charge in [-0.15, -0.1) is 0 Å². The fourth-order valence-corrected chi connectivity index (χ4v) is 4.20. The van der Waals surface area contributed by atoms with Crippen LogP contribution in [0.3, 0.4) is 0 Å². The van der Waals surface area contributed by atoms with Crippen LogP contribution in [0.4, 0.5) is 0 Å². The molecule has 2 aliphatic carbocycles. The molecule has 2 saturated carbocycles. The molecule has 0 saturated heterocycles. The third-order valence-electron chi connectivity index (χ3n) is 5.89. The molecule has 0 radical (unpaired) electrons. The van der Waals surface area contributed by atoms with Gasteiger partial charge in [-0.05, 0) is 70.5 Å². The summed E-state index contributed by atoms with van der Waals surface area (Å²) in [7, 11) is 2.34. The maximum Gasteiger partial charge on any atom is 0.00922 e. The van der Waals surface area contributed by atoms with E-state index in [2.05, 4.69) is 31.1 Å². The Labute approximate surface area is 133 Å². The molecule has 21 heavy (non-hydrogen) atoms. The van der Waals surface area contributed by atoms with Gasteiger partial charge >= 0.3 is 0 Å². The minimum atomic E-state index is 0.581. The third-order valence-corrected chi connectivity index (χ3v) is 5.89. The van der Waals surface area contributed by atoms with Crippen molar-refractivity contribution < 1.29 is 0 Å². The zero-order valence-electron chi connectivity index (χ0n) is 14.8. The second-order valence-corrected chi connectivity index (χ2v) is 8.37. The van der Waals surface area contributed by atoms with E-state index in [0.717, 1.165) is 12.1 Å². The zero-order valence-corrected chi connectivity index (χ0v) is 14.8. The molecule has 0 aromatic rings. The standard InChI is InChI=1S/C19H38N2/c1-19(2)13-7-9-17(12-14-19)20-15-8-16-21(3)18-10-5-4-6-11-18/h17-18,20H,4-16H2,1-3H3. The summed E-state index contributed by atoms with van der Waals surface area (Å²) >= 11 is 0. The summed E-state index contributed by atoms with van der Waals surface area (Å²) in [6.45, 7) is 7.36. The molecule has 124 valence electrons. The fraction of sp³-hybridized carbons (Fsp3) is 1.00. The molecule has 1 N–H and O–H groups in total. The lowest BCUT2D eigenvalue weighted by molar-refractivity contribution is 0.189. The average Bonchev–Trinajstić information content (AvgIpc) is 2.65. The van der Waals surface area contributed by atoms with Gasteiger partial charge in [-0.3, -0.25) is 0 Å². The van der Waals surface area contributed by atoms with E-state index >= 15 is 0 Å². The van der Waals surface area contributed by atoms with Crippen molar-refractivity contribution in [1.29, 1.82) is 0 Å². The minimum absolute atomic E-state index is 0.581. The van der Waals surface area contributed by atoms with Crippen molar-refractivity contribution in [2.75, 3.05) is 20.1 Å². The average molecular weight is 295 g/mol. The van der Waals surface area contributed by atoms with Gasteiger partial charge < -0.3 is 10.2 Å². The predicted octanol–water partition coefficient (Wildman–Crippen LogP) is 4.59. The maximum absolute atomic E-state index is 3.83. The topological polar surface area (TPSA) is 15.3 Å². The second-order valence-electron chi connectivity index (χ2n) is 8.37. The van der Waals surface area contributed by atoms with Crippen molar-refractivity contribution >= 4 is 0 Å². The smallest absolute Gasteiger partial charge is 0.00922 e. The quantitative estimate of drug-likeness (QED) is 0.569. The van der Waals surface area contributed by atoms with Crippen LogP contribution in [0.2, 0.25) is 0 Å². The number of rotatable bonds is 6. The minimum Gasteiger partial charge on any atom is -0.314 e. The third kappa shape index (κ3) is 6.28. The van der Waals surface area contributed by atoms with E-state index in [1.54, 1.807) is 0 Å². The highest BCUT2D eigenvalue weighted by atomic mass is 15.1. The molecule has 0 amide bonds. The summed E-state index contributed by atoms with van der Waals surface area (Å²) in [5.41, 5.74) is 0.581. The number of hydrogen-bond donors (Lipinski definition) is 1. The first-order chi connectivity index (χ1) is 10.1. The molecule has 2 fully saturated rings. The molecule has 0 aromatic heterocycles. The van der Waals surface area contributed by atoms with Gasteiger partial charge in [0.05, 0.1) is 0 Å². The normalized spacial score (nSPS) is 27.7. The predicted molar refractivity (Wildman–Crippen MR) is 92.8 cm³/mol. The van der Waals surface area contributed by atoms with Crippen molar-refractivity contribution in [2.24, 2.45) is 5.41 Å². The Morgan fingerprint density at radius 2 is 1.71 bits per heavy atom. The first-order valence-electron chi connectivity index (χ1n) is 9.50. The van der Waals surface area contributed by atoms with Gasteiger partial charge in [-0.1, -0.05) is 39.5 Å². The van der Waals surface area contributed by atoms with Gasteiger partial charge in [0.15, 0.2) is 0 Å². The van der Waals surface area contributed by atoms with Gasteiger partial charge in [-0.25, -0.2) is 0 Å². The van der Waals surface area contributed by atoms with Crippen LogP contribution in [0.15, 0.2) is 0 Å². The molecular weight excluding hydrogens is 256 g/mol. The SMILES string of the molecule is CN(CCCNC1CCCC(C)(C)CC1)C1CCCCC1. The van der Waals surface area contributed by atoms with E-state index in [9.17, 15) is 0 Å². The highest BCUT2D eigenvalue weighted by Crippen LogP contribution is 2.33. The van der Waals surface area contributed by atoms with Crippen LogP contribution in [-0.2, 0) is 0 Å². The summed E-state index contributed by atoms with van der Waals surface area (Å²) in [5, 5.41) is 3.83. The van der Waals surface area contributed by atoms with Crippen molar-refractivity contribution in [1.82, 2.24) is 10.2 Å². The monoisotopic (exact) mass is 294 g/mol. The largest absolute Gasteiger partial charge is 0.314 e. The molecule has 0 spiro atoms. The van der Waals surface area contributed by atoms with E-state index in [-0.39, 0.29) is 0 Å². The molecule has 2 aliphatic rings. The van der Waals surface area contributed by atoms with Gasteiger partial charge in [0, 0.05) is 12.1 Å². The Hall–Kier alpha value is -0.0800. The second kappa shape index (κ2) is 8.53. The Balaban J connectivity index is 1.56. The van der Waals surface area contributed by atoms with Crippen molar-refractivity contribution in [2.45, 2.75) is 96.6 Å². The summed E-state index contributed by atoms with van der Waals surface area (Å²) in [6.07, 6.45) is 15.5. The van der Waals surface area contributed by atoms with Gasteiger partial charge in [0.1, 0.15) is 0 Å². The van der Waals surface area contributed by atoms with Crippen LogP contribution in [0.5, 0.6) is 0 Å². The lowest BCUT2D eigenvalue weighted by atomic mass is 9.85. The summed E-state index contributed by atoms with van der Waals surface area (Å²) in [5.74, 6) is 0. The lowest BCUT2D eigenvalue weighted by Crippen LogP contribution is -2.36. The van der Waals surface area contributed by atoms with E-state index in [4.69, 9.17) is 0 Å². The Kier molecular flexibility index (Phi) is 7.01. The molecule has 0 aliphatic heterocycles. The number of hydrogen-bond acceptors (Lipinski definition) is 2. The highest BCUT2D eigenvalue weighted by Gasteiger charge is 2.24. The molecule has 2 rings (SSSR count). The van der Waals surface area contributed by atoms with Crippen LogP contribution in [0.25, 0.3) is 0 Å². The van der Waals surface area contributed by atoms with E-state index in [1.165, 1.54) is 83.7 Å². The molecule has 0 aromatic carbocycles. The van der Waals surface area contributed by atoms with Crippen LogP contribution in [0, 0.1) is 5.41 Å². The molecular formula is C19H38N2. The molecule has 0 heterocycles. The summed E-state index contributed by atoms with van der Waals surface area (Å²) in [4.78, 5) is 2.62. The van der Waals surface area contributed by atoms with Crippen molar-refractivity contribution in [3.8, 4) is 0 Å². The molecule has 0 bridgehead atoms. The first kappa shape index (κ1) is 17.3. The van der Waals surface area contributed by atoms with E-state index < -0.39 is 0 Å². The molecule has 2 nitrogen and oxygen atoms in total. The first-order valence-corrected chi connectivity index (χ1v) is 9.50. The number of nitrogens with one attached hydrogen (secondary N) is 1. The van der Waals surface area contributed by atoms with Crippen LogP contribution in [-0.4, -0.2) is 37.1 Å². The Bertz CT molecular complexity index is 281. The van der Waals surface area contributed by atoms with Crippen molar-refractivity contribution in [3.05, 3.63) is 0 Å². The van der Waals surface area contributed by atoms with Crippen LogP contribution in [0.1, 0.15) is 84.5 Å². The van der Waals surface area contributed by atoms with Crippen LogP contribution < -0.4 is 5.32 Å².